The van der Waals surface area contributed by atoms with Crippen LogP contribution in [0, 0.1) is 0 Å². The van der Waals surface area contributed by atoms with Gasteiger partial charge in [0.25, 0.3) is 17.4 Å². The monoisotopic (exact) mass is 486 g/mol. The molecule has 0 unspecified atom stereocenters. The maximum Gasteiger partial charge on any atom is 0.261 e. The highest BCUT2D eigenvalue weighted by Crippen LogP contribution is 2.22. The van der Waals surface area contributed by atoms with Crippen LogP contribution in [0.4, 0.5) is 0 Å². The summed E-state index contributed by atoms with van der Waals surface area (Å²) in [4.78, 5) is 40.0. The molecule has 3 aromatic rings. The molecule has 2 amide bonds. The van der Waals surface area contributed by atoms with Crippen molar-refractivity contribution in [1.82, 2.24) is 20.1 Å². The third-order valence-corrected chi connectivity index (χ3v) is 6.70. The summed E-state index contributed by atoms with van der Waals surface area (Å²) in [6.07, 6.45) is 1.67. The number of aromatic nitrogens is 1. The van der Waals surface area contributed by atoms with Crippen molar-refractivity contribution in [2.45, 2.75) is 12.1 Å². The molecule has 2 atom stereocenters. The first kappa shape index (κ1) is 23.2. The highest BCUT2D eigenvalue weighted by atomic mass is 35.5. The number of nitrogens with one attached hydrogen (secondary N) is 2. The molecular formula is C23H23ClN4O4S. The lowest BCUT2D eigenvalue weighted by atomic mass is 10.1. The second-order valence-electron chi connectivity index (χ2n) is 7.70. The molecule has 172 valence electrons. The maximum absolute atomic E-state index is 12.9. The first-order valence-corrected chi connectivity index (χ1v) is 11.6. The molecule has 3 heterocycles. The van der Waals surface area contributed by atoms with Gasteiger partial charge in [0.1, 0.15) is 0 Å². The molecule has 33 heavy (non-hydrogen) atoms. The van der Waals surface area contributed by atoms with Crippen LogP contribution >= 0.6 is 22.9 Å². The Labute approximate surface area is 199 Å². The Morgan fingerprint density at radius 3 is 2.30 bits per heavy atom. The Balaban J connectivity index is 1.45. The van der Waals surface area contributed by atoms with E-state index in [1.54, 1.807) is 54.7 Å². The number of benzene rings is 1. The number of thiophene rings is 1. The molecule has 1 aromatic carbocycles. The number of aliphatic hydroxyl groups excluding tert-OH is 1. The Hall–Kier alpha value is -2.98. The summed E-state index contributed by atoms with van der Waals surface area (Å²) in [7, 11) is 0. The van der Waals surface area contributed by atoms with E-state index in [-0.39, 0.29) is 36.1 Å². The van der Waals surface area contributed by atoms with E-state index >= 15 is 0 Å². The summed E-state index contributed by atoms with van der Waals surface area (Å²) in [5.74, 6) is -0.532. The number of carbonyl (C=O) groups excluding carboxylic acids is 2. The van der Waals surface area contributed by atoms with Crippen LogP contribution in [0.25, 0.3) is 5.69 Å². The first-order chi connectivity index (χ1) is 15.9. The number of carbonyl (C=O) groups is 2. The van der Waals surface area contributed by atoms with Crippen LogP contribution in [0.15, 0.2) is 65.6 Å². The normalized spacial score (nSPS) is 18.2. The number of β-amino-alcohol motifs (C(OH)–C–C–N with tert-alkyl or cyclic N) is 1. The number of pyridine rings is 1. The van der Waals surface area contributed by atoms with Crippen LogP contribution in [0.5, 0.6) is 0 Å². The van der Waals surface area contributed by atoms with Crippen molar-refractivity contribution in [2.24, 2.45) is 0 Å². The molecule has 8 nitrogen and oxygen atoms in total. The van der Waals surface area contributed by atoms with Gasteiger partial charge >= 0.3 is 0 Å². The molecule has 4 rings (SSSR count). The molecule has 10 heteroatoms. The summed E-state index contributed by atoms with van der Waals surface area (Å²) >= 11 is 7.13. The van der Waals surface area contributed by atoms with Gasteiger partial charge in [0.15, 0.2) is 0 Å². The number of halogens is 1. The van der Waals surface area contributed by atoms with Gasteiger partial charge in [-0.2, -0.15) is 0 Å². The van der Waals surface area contributed by atoms with Gasteiger partial charge in [-0.15, -0.1) is 11.3 Å². The van der Waals surface area contributed by atoms with E-state index in [0.717, 1.165) is 0 Å². The lowest BCUT2D eigenvalue weighted by molar-refractivity contribution is 0.0898. The Bertz CT molecular complexity index is 1190. The van der Waals surface area contributed by atoms with E-state index in [1.807, 2.05) is 4.90 Å². The van der Waals surface area contributed by atoms with Crippen LogP contribution < -0.4 is 16.2 Å². The number of hydrogen-bond donors (Lipinski definition) is 3. The number of hydrogen-bond acceptors (Lipinski definition) is 6. The number of likely N-dealkylation sites (tertiary alicyclic amines) is 1. The fraction of sp³-hybridized carbons (Fsp3) is 0.261. The minimum atomic E-state index is -0.333. The third-order valence-electron chi connectivity index (χ3n) is 5.47. The molecule has 0 bridgehead atoms. The number of amides is 2. The van der Waals surface area contributed by atoms with Crippen LogP contribution in [0.2, 0.25) is 4.34 Å². The molecule has 1 saturated heterocycles. The largest absolute Gasteiger partial charge is 0.395 e. The fourth-order valence-corrected chi connectivity index (χ4v) is 4.79. The van der Waals surface area contributed by atoms with E-state index < -0.39 is 0 Å². The van der Waals surface area contributed by atoms with E-state index in [0.29, 0.717) is 40.1 Å². The highest BCUT2D eigenvalue weighted by molar-refractivity contribution is 7.18. The zero-order chi connectivity index (χ0) is 23.4. The van der Waals surface area contributed by atoms with Gasteiger partial charge in [-0.1, -0.05) is 17.7 Å². The molecule has 2 aromatic heterocycles. The number of rotatable bonds is 7. The molecule has 1 fully saturated rings. The predicted octanol–water partition coefficient (Wildman–Crippen LogP) is 1.76. The molecule has 0 spiro atoms. The lowest BCUT2D eigenvalue weighted by Gasteiger charge is -2.21. The second kappa shape index (κ2) is 10.3. The summed E-state index contributed by atoms with van der Waals surface area (Å²) in [6, 6.07) is 14.3. The van der Waals surface area contributed by atoms with Gasteiger partial charge in [0, 0.05) is 43.1 Å². The van der Waals surface area contributed by atoms with Crippen molar-refractivity contribution in [3.63, 3.8) is 0 Å². The van der Waals surface area contributed by atoms with Crippen LogP contribution in [0.1, 0.15) is 20.0 Å². The summed E-state index contributed by atoms with van der Waals surface area (Å²) < 4.78 is 2.02. The molecule has 0 radical (unpaired) electrons. The quantitative estimate of drug-likeness (QED) is 0.472. The Morgan fingerprint density at radius 2 is 1.70 bits per heavy atom. The van der Waals surface area contributed by atoms with E-state index in [1.165, 1.54) is 22.0 Å². The highest BCUT2D eigenvalue weighted by Gasteiger charge is 2.35. The van der Waals surface area contributed by atoms with Crippen LogP contribution in [-0.2, 0) is 0 Å². The van der Waals surface area contributed by atoms with E-state index in [4.69, 9.17) is 11.6 Å². The van der Waals surface area contributed by atoms with Gasteiger partial charge in [0.05, 0.1) is 27.9 Å². The van der Waals surface area contributed by atoms with Crippen molar-refractivity contribution >= 4 is 34.8 Å². The minimum absolute atomic E-state index is 0.0117. The molecular weight excluding hydrogens is 464 g/mol. The topological polar surface area (TPSA) is 104 Å². The van der Waals surface area contributed by atoms with Crippen molar-refractivity contribution in [3.05, 3.63) is 85.9 Å². The molecule has 0 aliphatic carbocycles. The smallest absolute Gasteiger partial charge is 0.261 e. The summed E-state index contributed by atoms with van der Waals surface area (Å²) in [5, 5.41) is 15.3. The summed E-state index contributed by atoms with van der Waals surface area (Å²) in [5.41, 5.74) is 0.945. The molecule has 1 aliphatic heterocycles. The van der Waals surface area contributed by atoms with Crippen LogP contribution in [0.3, 0.4) is 0 Å². The minimum Gasteiger partial charge on any atom is -0.395 e. The zero-order valence-electron chi connectivity index (χ0n) is 17.6. The average Bonchev–Trinajstić information content (AvgIpc) is 3.40. The van der Waals surface area contributed by atoms with Crippen molar-refractivity contribution in [2.75, 3.05) is 26.2 Å². The third kappa shape index (κ3) is 5.51. The molecule has 1 aliphatic rings. The fourth-order valence-electron chi connectivity index (χ4n) is 3.84. The summed E-state index contributed by atoms with van der Waals surface area (Å²) in [6.45, 7) is 1.44. The Morgan fingerprint density at radius 1 is 1.00 bits per heavy atom. The van der Waals surface area contributed by atoms with E-state index in [9.17, 15) is 19.5 Å². The van der Waals surface area contributed by atoms with Gasteiger partial charge in [-0.05, 0) is 42.5 Å². The number of nitrogens with zero attached hydrogens (tertiary/aromatic N) is 2. The van der Waals surface area contributed by atoms with Crippen molar-refractivity contribution in [3.8, 4) is 5.69 Å². The van der Waals surface area contributed by atoms with Crippen molar-refractivity contribution < 1.29 is 14.7 Å². The van der Waals surface area contributed by atoms with Gasteiger partial charge in [0.2, 0.25) is 0 Å². The van der Waals surface area contributed by atoms with Crippen LogP contribution in [-0.4, -0.2) is 64.7 Å². The zero-order valence-corrected chi connectivity index (χ0v) is 19.2. The first-order valence-electron chi connectivity index (χ1n) is 10.4. The van der Waals surface area contributed by atoms with Gasteiger partial charge in [-0.3, -0.25) is 23.9 Å². The SMILES string of the molecule is O=C(N[C@@H]1CN(CCO)C[C@H]1NC(=O)c1ccc(Cl)s1)c1ccc(-n2ccccc2=O)cc1. The number of aliphatic hydroxyl groups is 1. The van der Waals surface area contributed by atoms with Crippen molar-refractivity contribution in [1.29, 1.82) is 0 Å². The maximum atomic E-state index is 12.9. The van der Waals surface area contributed by atoms with Gasteiger partial charge in [-0.25, -0.2) is 0 Å². The van der Waals surface area contributed by atoms with Gasteiger partial charge < -0.3 is 15.7 Å². The lowest BCUT2D eigenvalue weighted by Crippen LogP contribution is -2.50. The average molecular weight is 487 g/mol. The molecule has 3 N–H and O–H groups in total. The molecule has 0 saturated carbocycles. The predicted molar refractivity (Wildman–Crippen MR) is 127 cm³/mol. The second-order valence-corrected chi connectivity index (χ2v) is 9.42. The standard InChI is InChI=1S/C23H23ClN4O4S/c24-20-9-8-19(33-20)23(32)26-18-14-27(11-12-29)13-17(18)25-22(31)15-4-6-16(7-5-15)28-10-2-1-3-21(28)30/h1-10,17-18,29H,11-14H2,(H,25,31)(H,26,32)/t17-,18-/m1/s1. The Kier molecular flexibility index (Phi) is 7.24. The van der Waals surface area contributed by atoms with E-state index in [2.05, 4.69) is 10.6 Å².